The van der Waals surface area contributed by atoms with Gasteiger partial charge in [-0.25, -0.2) is 0 Å². The second kappa shape index (κ2) is 3.65. The van der Waals surface area contributed by atoms with Gasteiger partial charge in [-0.2, -0.15) is 0 Å². The predicted octanol–water partition coefficient (Wildman–Crippen LogP) is 2.36. The van der Waals surface area contributed by atoms with E-state index in [-0.39, 0.29) is 10.9 Å². The maximum atomic E-state index is 5.60. The highest BCUT2D eigenvalue weighted by molar-refractivity contribution is 6.44. The average Bonchev–Trinajstić information content (AvgIpc) is 1.90. The van der Waals surface area contributed by atoms with Crippen molar-refractivity contribution >= 4 is 23.2 Å². The highest BCUT2D eigenvalue weighted by Gasteiger charge is 2.19. The van der Waals surface area contributed by atoms with E-state index in [2.05, 4.69) is 0 Å². The molecular weight excluding hydrogens is 159 g/mol. The smallest absolute Gasteiger partial charge is 0.133 e. The first-order valence-electron chi connectivity index (χ1n) is 3.20. The average molecular weight is 169 g/mol. The molecule has 1 saturated heterocycles. The molecule has 54 valence electrons. The monoisotopic (exact) mass is 168 g/mol. The zero-order valence-electron chi connectivity index (χ0n) is 5.15. The summed E-state index contributed by atoms with van der Waals surface area (Å²) in [6.07, 6.45) is 3.44. The quantitative estimate of drug-likeness (QED) is 0.547. The molecule has 0 amide bonds. The molecule has 0 radical (unpaired) electrons. The van der Waals surface area contributed by atoms with Gasteiger partial charge in [-0.1, -0.05) is 0 Å². The van der Waals surface area contributed by atoms with E-state index >= 15 is 0 Å². The van der Waals surface area contributed by atoms with E-state index in [1.54, 1.807) is 0 Å². The largest absolute Gasteiger partial charge is 0.375 e. The molecule has 1 aliphatic heterocycles. The third kappa shape index (κ3) is 2.32. The summed E-state index contributed by atoms with van der Waals surface area (Å²) in [7, 11) is 0. The molecule has 1 fully saturated rings. The molecule has 1 nitrogen and oxygen atoms in total. The summed E-state index contributed by atoms with van der Waals surface area (Å²) in [6.45, 7) is 0.820. The van der Waals surface area contributed by atoms with Crippen molar-refractivity contribution in [1.29, 1.82) is 0 Å². The minimum atomic E-state index is -0.342. The fourth-order valence-corrected chi connectivity index (χ4v) is 1.36. The molecule has 9 heavy (non-hydrogen) atoms. The molecule has 1 heterocycles. The van der Waals surface area contributed by atoms with Gasteiger partial charge >= 0.3 is 0 Å². The van der Waals surface area contributed by atoms with E-state index in [0.717, 1.165) is 19.4 Å². The molecule has 0 aromatic carbocycles. The normalized spacial score (nSPS) is 29.0. The van der Waals surface area contributed by atoms with Gasteiger partial charge in [0, 0.05) is 6.61 Å². The van der Waals surface area contributed by atoms with Crippen molar-refractivity contribution in [2.45, 2.75) is 30.2 Å². The van der Waals surface area contributed by atoms with Gasteiger partial charge in [0.25, 0.3) is 0 Å². The minimum Gasteiger partial charge on any atom is -0.375 e. The van der Waals surface area contributed by atoms with Crippen LogP contribution in [-0.4, -0.2) is 17.5 Å². The summed E-state index contributed by atoms with van der Waals surface area (Å²) >= 11 is 11.2. The number of hydrogen-bond donors (Lipinski definition) is 0. The molecule has 1 rings (SSSR count). The van der Waals surface area contributed by atoms with Crippen molar-refractivity contribution in [3.05, 3.63) is 0 Å². The van der Waals surface area contributed by atoms with Gasteiger partial charge in [-0.05, 0) is 19.3 Å². The Morgan fingerprint density at radius 1 is 1.33 bits per heavy atom. The lowest BCUT2D eigenvalue weighted by atomic mass is 10.1. The van der Waals surface area contributed by atoms with E-state index in [0.29, 0.717) is 0 Å². The molecule has 0 aliphatic carbocycles. The summed E-state index contributed by atoms with van der Waals surface area (Å²) in [6, 6.07) is 0. The van der Waals surface area contributed by atoms with Crippen LogP contribution in [-0.2, 0) is 4.74 Å². The number of halogens is 2. The highest BCUT2D eigenvalue weighted by Crippen LogP contribution is 2.21. The van der Waals surface area contributed by atoms with Crippen LogP contribution in [0.15, 0.2) is 0 Å². The summed E-state index contributed by atoms with van der Waals surface area (Å²) in [5, 5.41) is 0. The fraction of sp³-hybridized carbons (Fsp3) is 1.00. The maximum absolute atomic E-state index is 5.60. The van der Waals surface area contributed by atoms with Gasteiger partial charge in [0.2, 0.25) is 0 Å². The van der Waals surface area contributed by atoms with Crippen LogP contribution in [0.2, 0.25) is 0 Å². The molecule has 0 spiro atoms. The van der Waals surface area contributed by atoms with Crippen molar-refractivity contribution in [3.63, 3.8) is 0 Å². The van der Waals surface area contributed by atoms with Crippen LogP contribution in [0.25, 0.3) is 0 Å². The molecule has 1 atom stereocenters. The zero-order chi connectivity index (χ0) is 6.69. The number of alkyl halides is 2. The van der Waals surface area contributed by atoms with Crippen LogP contribution in [0, 0.1) is 0 Å². The SMILES string of the molecule is ClC(Cl)C1CCCCO1. The molecule has 1 unspecified atom stereocenters. The van der Waals surface area contributed by atoms with Crippen LogP contribution in [0.5, 0.6) is 0 Å². The zero-order valence-corrected chi connectivity index (χ0v) is 6.66. The van der Waals surface area contributed by atoms with Crippen LogP contribution in [0.4, 0.5) is 0 Å². The molecule has 0 aromatic heterocycles. The molecule has 0 N–H and O–H groups in total. The van der Waals surface area contributed by atoms with Crippen LogP contribution < -0.4 is 0 Å². The van der Waals surface area contributed by atoms with Crippen molar-refractivity contribution in [2.75, 3.05) is 6.61 Å². The van der Waals surface area contributed by atoms with Crippen LogP contribution in [0.3, 0.4) is 0 Å². The van der Waals surface area contributed by atoms with E-state index in [9.17, 15) is 0 Å². The summed E-state index contributed by atoms with van der Waals surface area (Å²) in [5.41, 5.74) is 0. The summed E-state index contributed by atoms with van der Waals surface area (Å²) in [4.78, 5) is -0.342. The van der Waals surface area contributed by atoms with Crippen molar-refractivity contribution in [3.8, 4) is 0 Å². The summed E-state index contributed by atoms with van der Waals surface area (Å²) < 4.78 is 5.28. The first kappa shape index (κ1) is 7.64. The number of rotatable bonds is 1. The lowest BCUT2D eigenvalue weighted by Gasteiger charge is -2.22. The second-order valence-corrected chi connectivity index (χ2v) is 3.40. The summed E-state index contributed by atoms with van der Waals surface area (Å²) in [5.74, 6) is 0. The van der Waals surface area contributed by atoms with Gasteiger partial charge in [0.1, 0.15) is 4.84 Å². The first-order chi connectivity index (χ1) is 4.30. The topological polar surface area (TPSA) is 9.23 Å². The van der Waals surface area contributed by atoms with Gasteiger partial charge in [-0.15, -0.1) is 23.2 Å². The van der Waals surface area contributed by atoms with Gasteiger partial charge in [-0.3, -0.25) is 0 Å². The lowest BCUT2D eigenvalue weighted by Crippen LogP contribution is -2.24. The van der Waals surface area contributed by atoms with Crippen LogP contribution in [0.1, 0.15) is 19.3 Å². The van der Waals surface area contributed by atoms with Gasteiger partial charge in [0.15, 0.2) is 0 Å². The standard InChI is InChI=1S/C6H10Cl2O/c7-6(8)5-3-1-2-4-9-5/h5-6H,1-4H2. The molecule has 0 aromatic rings. The third-order valence-corrected chi connectivity index (χ3v) is 2.06. The van der Waals surface area contributed by atoms with Crippen LogP contribution >= 0.6 is 23.2 Å². The number of ether oxygens (including phenoxy) is 1. The Morgan fingerprint density at radius 2 is 2.11 bits per heavy atom. The Balaban J connectivity index is 2.23. The fourth-order valence-electron chi connectivity index (χ4n) is 0.964. The Hall–Kier alpha value is 0.540. The lowest BCUT2D eigenvalue weighted by molar-refractivity contribution is 0.0249. The minimum absolute atomic E-state index is 0.0853. The Kier molecular flexibility index (Phi) is 3.10. The Labute approximate surface area is 65.3 Å². The van der Waals surface area contributed by atoms with Crippen molar-refractivity contribution in [1.82, 2.24) is 0 Å². The molecule has 0 bridgehead atoms. The molecular formula is C6H10Cl2O. The third-order valence-electron chi connectivity index (χ3n) is 1.50. The number of hydrogen-bond acceptors (Lipinski definition) is 1. The predicted molar refractivity (Wildman–Crippen MR) is 39.1 cm³/mol. The second-order valence-electron chi connectivity index (χ2n) is 2.24. The Bertz CT molecular complexity index is 79.1. The van der Waals surface area contributed by atoms with E-state index < -0.39 is 0 Å². The molecule has 3 heteroatoms. The van der Waals surface area contributed by atoms with Gasteiger partial charge < -0.3 is 4.74 Å². The van der Waals surface area contributed by atoms with Crippen molar-refractivity contribution in [2.24, 2.45) is 0 Å². The molecule has 1 aliphatic rings. The maximum Gasteiger partial charge on any atom is 0.133 e. The van der Waals surface area contributed by atoms with E-state index in [4.69, 9.17) is 27.9 Å². The Morgan fingerprint density at radius 3 is 2.44 bits per heavy atom. The van der Waals surface area contributed by atoms with Gasteiger partial charge in [0.05, 0.1) is 6.10 Å². The highest BCUT2D eigenvalue weighted by atomic mass is 35.5. The molecule has 0 saturated carbocycles. The van der Waals surface area contributed by atoms with E-state index in [1.807, 2.05) is 0 Å². The van der Waals surface area contributed by atoms with E-state index in [1.165, 1.54) is 6.42 Å². The van der Waals surface area contributed by atoms with Crippen molar-refractivity contribution < 1.29 is 4.74 Å². The first-order valence-corrected chi connectivity index (χ1v) is 4.08.